The van der Waals surface area contributed by atoms with E-state index in [1.807, 2.05) is 0 Å². The molecule has 3 aromatic rings. The van der Waals surface area contributed by atoms with Gasteiger partial charge in [-0.1, -0.05) is 18.6 Å². The van der Waals surface area contributed by atoms with Crippen LogP contribution >= 0.6 is 0 Å². The van der Waals surface area contributed by atoms with Gasteiger partial charge in [-0.05, 0) is 49.2 Å². The van der Waals surface area contributed by atoms with E-state index in [0.29, 0.717) is 30.1 Å². The minimum absolute atomic E-state index is 0.0230. The lowest BCUT2D eigenvalue weighted by atomic mass is 10.2. The fraction of sp³-hybridized carbons (Fsp3) is 0.250. The van der Waals surface area contributed by atoms with E-state index in [2.05, 4.69) is 9.71 Å². The molecule has 1 saturated heterocycles. The van der Waals surface area contributed by atoms with E-state index in [0.717, 1.165) is 19.3 Å². The van der Waals surface area contributed by atoms with Crippen LogP contribution in [0.4, 0.5) is 5.69 Å². The Morgan fingerprint density at radius 1 is 0.900 bits per heavy atom. The van der Waals surface area contributed by atoms with Gasteiger partial charge < -0.3 is 4.42 Å². The molecule has 158 valence electrons. The van der Waals surface area contributed by atoms with Crippen molar-refractivity contribution in [3.05, 3.63) is 61.1 Å². The molecule has 0 radical (unpaired) electrons. The molecule has 0 amide bonds. The molecular formula is C20H21N3O5S2. The number of rotatable bonds is 6. The van der Waals surface area contributed by atoms with Crippen LogP contribution in [0.25, 0.3) is 11.3 Å². The number of nitrogens with one attached hydrogen (secondary N) is 1. The third-order valence-corrected chi connectivity index (χ3v) is 8.23. The van der Waals surface area contributed by atoms with Crippen molar-refractivity contribution in [3.8, 4) is 11.3 Å². The summed E-state index contributed by atoms with van der Waals surface area (Å²) in [5.74, 6) is 0.517. The third-order valence-electron chi connectivity index (χ3n) is 4.92. The standard InChI is InChI=1S/C20H21N3O5S2/c24-29(25,22-17-6-4-5-16(13-17)20-14-21-15-28-20)18-7-9-19(10-8-18)30(26,27)23-11-2-1-3-12-23/h4-10,13-15,22H,1-3,11-12H2. The predicted octanol–water partition coefficient (Wildman–Crippen LogP) is 3.32. The molecule has 30 heavy (non-hydrogen) atoms. The number of piperidine rings is 1. The number of oxazole rings is 1. The van der Waals surface area contributed by atoms with Gasteiger partial charge in [-0.2, -0.15) is 4.31 Å². The molecule has 4 rings (SSSR count). The van der Waals surface area contributed by atoms with Crippen molar-refractivity contribution >= 4 is 25.7 Å². The topological polar surface area (TPSA) is 110 Å². The van der Waals surface area contributed by atoms with Crippen LogP contribution in [0.1, 0.15) is 19.3 Å². The van der Waals surface area contributed by atoms with Gasteiger partial charge in [-0.3, -0.25) is 4.72 Å². The number of nitrogens with zero attached hydrogens (tertiary/aromatic N) is 2. The second-order valence-corrected chi connectivity index (χ2v) is 10.6. The molecule has 10 heteroatoms. The Balaban J connectivity index is 1.54. The molecule has 1 aliphatic heterocycles. The van der Waals surface area contributed by atoms with Gasteiger partial charge in [0.1, 0.15) is 0 Å². The first-order valence-electron chi connectivity index (χ1n) is 9.48. The molecule has 2 heterocycles. The van der Waals surface area contributed by atoms with E-state index in [9.17, 15) is 16.8 Å². The van der Waals surface area contributed by atoms with Crippen LogP contribution in [0.15, 0.2) is 75.3 Å². The Morgan fingerprint density at radius 2 is 1.60 bits per heavy atom. The normalized spacial score (nSPS) is 15.7. The zero-order valence-electron chi connectivity index (χ0n) is 16.1. The lowest BCUT2D eigenvalue weighted by Gasteiger charge is -2.25. The Labute approximate surface area is 175 Å². The number of anilines is 1. The van der Waals surface area contributed by atoms with Gasteiger partial charge in [0.15, 0.2) is 12.2 Å². The van der Waals surface area contributed by atoms with E-state index in [1.54, 1.807) is 24.3 Å². The van der Waals surface area contributed by atoms with Crippen molar-refractivity contribution in [2.75, 3.05) is 17.8 Å². The summed E-state index contributed by atoms with van der Waals surface area (Å²) in [5.41, 5.74) is 1.03. The lowest BCUT2D eigenvalue weighted by Crippen LogP contribution is -2.35. The number of aromatic nitrogens is 1. The van der Waals surface area contributed by atoms with Gasteiger partial charge in [0.25, 0.3) is 10.0 Å². The van der Waals surface area contributed by atoms with E-state index < -0.39 is 20.0 Å². The lowest BCUT2D eigenvalue weighted by molar-refractivity contribution is 0.346. The number of hydrogen-bond acceptors (Lipinski definition) is 6. The number of hydrogen-bond donors (Lipinski definition) is 1. The fourth-order valence-corrected chi connectivity index (χ4v) is 5.92. The zero-order valence-corrected chi connectivity index (χ0v) is 17.7. The molecule has 1 fully saturated rings. The summed E-state index contributed by atoms with van der Waals surface area (Å²) in [6, 6.07) is 12.0. The minimum Gasteiger partial charge on any atom is -0.444 e. The van der Waals surface area contributed by atoms with Crippen LogP contribution in [-0.2, 0) is 20.0 Å². The van der Waals surface area contributed by atoms with Crippen molar-refractivity contribution in [2.24, 2.45) is 0 Å². The molecule has 0 saturated carbocycles. The molecule has 0 atom stereocenters. The van der Waals surface area contributed by atoms with Crippen molar-refractivity contribution in [2.45, 2.75) is 29.1 Å². The van der Waals surface area contributed by atoms with Crippen molar-refractivity contribution < 1.29 is 21.3 Å². The van der Waals surface area contributed by atoms with Gasteiger partial charge in [0, 0.05) is 24.3 Å². The van der Waals surface area contributed by atoms with Gasteiger partial charge in [-0.15, -0.1) is 0 Å². The molecule has 0 spiro atoms. The van der Waals surface area contributed by atoms with Gasteiger partial charge in [-0.25, -0.2) is 21.8 Å². The molecular weight excluding hydrogens is 426 g/mol. The van der Waals surface area contributed by atoms with E-state index in [4.69, 9.17) is 4.42 Å². The maximum Gasteiger partial charge on any atom is 0.261 e. The van der Waals surface area contributed by atoms with E-state index >= 15 is 0 Å². The van der Waals surface area contributed by atoms with Crippen molar-refractivity contribution in [1.82, 2.24) is 9.29 Å². The molecule has 1 aliphatic rings. The van der Waals surface area contributed by atoms with Crippen LogP contribution in [0.3, 0.4) is 0 Å². The van der Waals surface area contributed by atoms with Gasteiger partial charge in [0.2, 0.25) is 10.0 Å². The summed E-state index contributed by atoms with van der Waals surface area (Å²) >= 11 is 0. The average molecular weight is 448 g/mol. The average Bonchev–Trinajstić information content (AvgIpc) is 3.29. The highest BCUT2D eigenvalue weighted by atomic mass is 32.2. The van der Waals surface area contributed by atoms with E-state index in [-0.39, 0.29) is 9.79 Å². The SMILES string of the molecule is O=S(=O)(Nc1cccc(-c2cnco2)c1)c1ccc(S(=O)(=O)N2CCCCC2)cc1. The molecule has 0 aliphatic carbocycles. The predicted molar refractivity (Wildman–Crippen MR) is 112 cm³/mol. The minimum atomic E-state index is -3.89. The monoisotopic (exact) mass is 447 g/mol. The highest BCUT2D eigenvalue weighted by Gasteiger charge is 2.26. The van der Waals surface area contributed by atoms with Crippen molar-refractivity contribution in [1.29, 1.82) is 0 Å². The zero-order chi connectivity index (χ0) is 21.2. The number of sulfonamides is 2. The Bertz CT molecular complexity index is 1220. The molecule has 0 unspecified atom stereocenters. The smallest absolute Gasteiger partial charge is 0.261 e. The van der Waals surface area contributed by atoms with Crippen LogP contribution in [-0.4, -0.2) is 39.2 Å². The maximum atomic E-state index is 12.8. The first-order valence-corrected chi connectivity index (χ1v) is 12.4. The molecule has 1 N–H and O–H groups in total. The summed E-state index contributed by atoms with van der Waals surface area (Å²) in [4.78, 5) is 3.92. The highest BCUT2D eigenvalue weighted by Crippen LogP contribution is 2.25. The summed E-state index contributed by atoms with van der Waals surface area (Å²) in [7, 11) is -7.50. The Hall–Kier alpha value is -2.69. The maximum absolute atomic E-state index is 12.8. The summed E-state index contributed by atoms with van der Waals surface area (Å²) in [5, 5.41) is 0. The van der Waals surface area contributed by atoms with E-state index in [1.165, 1.54) is 41.2 Å². The summed E-state index contributed by atoms with van der Waals surface area (Å²) in [6.07, 6.45) is 5.53. The summed E-state index contributed by atoms with van der Waals surface area (Å²) < 4.78 is 60.2. The van der Waals surface area contributed by atoms with Crippen LogP contribution < -0.4 is 4.72 Å². The Morgan fingerprint density at radius 3 is 2.27 bits per heavy atom. The highest BCUT2D eigenvalue weighted by molar-refractivity contribution is 7.92. The quantitative estimate of drug-likeness (QED) is 0.621. The first-order chi connectivity index (χ1) is 14.4. The largest absolute Gasteiger partial charge is 0.444 e. The van der Waals surface area contributed by atoms with Crippen LogP contribution in [0.2, 0.25) is 0 Å². The van der Waals surface area contributed by atoms with Gasteiger partial charge >= 0.3 is 0 Å². The van der Waals surface area contributed by atoms with Crippen LogP contribution in [0.5, 0.6) is 0 Å². The fourth-order valence-electron chi connectivity index (χ4n) is 3.35. The summed E-state index contributed by atoms with van der Waals surface area (Å²) in [6.45, 7) is 0.983. The van der Waals surface area contributed by atoms with Crippen molar-refractivity contribution in [3.63, 3.8) is 0 Å². The molecule has 8 nitrogen and oxygen atoms in total. The second-order valence-electron chi connectivity index (χ2n) is 6.99. The molecule has 1 aromatic heterocycles. The van der Waals surface area contributed by atoms with Crippen LogP contribution in [0, 0.1) is 0 Å². The first kappa shape index (κ1) is 20.6. The number of benzene rings is 2. The van der Waals surface area contributed by atoms with Gasteiger partial charge in [0.05, 0.1) is 16.0 Å². The molecule has 2 aromatic carbocycles. The second kappa shape index (κ2) is 8.21. The molecule has 0 bridgehead atoms. The third kappa shape index (κ3) is 4.25. The Kier molecular flexibility index (Phi) is 5.63.